The lowest BCUT2D eigenvalue weighted by Gasteiger charge is -2.16. The number of hydrogen-bond acceptors (Lipinski definition) is 4. The van der Waals surface area contributed by atoms with Crippen molar-refractivity contribution in [2.75, 3.05) is 11.9 Å². The summed E-state index contributed by atoms with van der Waals surface area (Å²) in [7, 11) is 0. The molecule has 0 radical (unpaired) electrons. The van der Waals surface area contributed by atoms with Crippen LogP contribution < -0.4 is 15.7 Å². The van der Waals surface area contributed by atoms with Crippen molar-refractivity contribution < 1.29 is 13.9 Å². The van der Waals surface area contributed by atoms with E-state index in [0.29, 0.717) is 11.3 Å². The van der Waals surface area contributed by atoms with Gasteiger partial charge in [-0.15, -0.1) is 0 Å². The summed E-state index contributed by atoms with van der Waals surface area (Å²) in [6, 6.07) is 14.6. The number of fused-ring (bicyclic) bond motifs is 3. The second kappa shape index (κ2) is 7.04. The van der Waals surface area contributed by atoms with Gasteiger partial charge in [-0.2, -0.15) is 0 Å². The van der Waals surface area contributed by atoms with Crippen LogP contribution in [0, 0.1) is 0 Å². The van der Waals surface area contributed by atoms with Crippen LogP contribution in [0.15, 0.2) is 57.7 Å². The molecule has 0 fully saturated rings. The van der Waals surface area contributed by atoms with E-state index in [1.165, 1.54) is 0 Å². The van der Waals surface area contributed by atoms with Gasteiger partial charge >= 0.3 is 5.63 Å². The third-order valence-corrected chi connectivity index (χ3v) is 4.62. The molecule has 0 saturated carbocycles. The molecule has 1 aromatic heterocycles. The number of ether oxygens (including phenoxy) is 1. The van der Waals surface area contributed by atoms with Gasteiger partial charge in [-0.1, -0.05) is 18.2 Å². The summed E-state index contributed by atoms with van der Waals surface area (Å²) in [6.45, 7) is -0.116. The van der Waals surface area contributed by atoms with E-state index < -0.39 is 0 Å². The Kier molecular flexibility index (Phi) is 4.44. The van der Waals surface area contributed by atoms with Crippen LogP contribution in [0.25, 0.3) is 11.0 Å². The Morgan fingerprint density at radius 2 is 1.81 bits per heavy atom. The third-order valence-electron chi connectivity index (χ3n) is 4.62. The molecule has 1 N–H and O–H groups in total. The fourth-order valence-electron chi connectivity index (χ4n) is 3.38. The summed E-state index contributed by atoms with van der Waals surface area (Å²) in [4.78, 5) is 24.2. The molecular formula is C21H19NO4. The van der Waals surface area contributed by atoms with Gasteiger partial charge < -0.3 is 14.5 Å². The zero-order chi connectivity index (χ0) is 17.9. The summed E-state index contributed by atoms with van der Waals surface area (Å²) in [5, 5.41) is 3.72. The maximum atomic E-state index is 12.2. The molecule has 5 heteroatoms. The molecule has 26 heavy (non-hydrogen) atoms. The van der Waals surface area contributed by atoms with E-state index in [-0.39, 0.29) is 18.1 Å². The number of amides is 1. The molecule has 1 amide bonds. The number of rotatable bonds is 4. The minimum Gasteiger partial charge on any atom is -0.484 e. The van der Waals surface area contributed by atoms with Crippen molar-refractivity contribution >= 4 is 22.6 Å². The maximum absolute atomic E-state index is 12.2. The van der Waals surface area contributed by atoms with Crippen LogP contribution in [0.2, 0.25) is 0 Å². The van der Waals surface area contributed by atoms with Gasteiger partial charge in [0.25, 0.3) is 5.91 Å². The summed E-state index contributed by atoms with van der Waals surface area (Å²) < 4.78 is 11.0. The van der Waals surface area contributed by atoms with E-state index in [1.54, 1.807) is 6.07 Å². The molecule has 1 aliphatic rings. The number of nitrogens with one attached hydrogen (secondary N) is 1. The maximum Gasteiger partial charge on any atom is 0.339 e. The van der Waals surface area contributed by atoms with Crippen molar-refractivity contribution in [2.45, 2.75) is 25.7 Å². The van der Waals surface area contributed by atoms with Gasteiger partial charge in [0, 0.05) is 22.7 Å². The molecule has 3 aromatic rings. The van der Waals surface area contributed by atoms with Crippen molar-refractivity contribution in [1.29, 1.82) is 0 Å². The van der Waals surface area contributed by atoms with Gasteiger partial charge in [-0.25, -0.2) is 4.79 Å². The molecule has 0 spiro atoms. The highest BCUT2D eigenvalue weighted by Gasteiger charge is 2.18. The van der Waals surface area contributed by atoms with E-state index in [0.717, 1.165) is 47.9 Å². The first kappa shape index (κ1) is 16.4. The minimum atomic E-state index is -0.258. The molecule has 0 saturated heterocycles. The normalized spacial score (nSPS) is 13.2. The Bertz CT molecular complexity index is 1010. The molecule has 4 rings (SSSR count). The van der Waals surface area contributed by atoms with Crippen LogP contribution in [0.3, 0.4) is 0 Å². The van der Waals surface area contributed by atoms with Gasteiger partial charge in [0.15, 0.2) is 6.61 Å². The predicted octanol–water partition coefficient (Wildman–Crippen LogP) is 3.69. The average molecular weight is 349 g/mol. The lowest BCUT2D eigenvalue weighted by molar-refractivity contribution is -0.118. The number of hydrogen-bond donors (Lipinski definition) is 1. The highest BCUT2D eigenvalue weighted by Crippen LogP contribution is 2.29. The molecule has 5 nitrogen and oxygen atoms in total. The lowest BCUT2D eigenvalue weighted by atomic mass is 9.91. The van der Waals surface area contributed by atoms with Crippen LogP contribution in [0.1, 0.15) is 24.0 Å². The molecule has 0 unspecified atom stereocenters. The lowest BCUT2D eigenvalue weighted by Crippen LogP contribution is -2.20. The van der Waals surface area contributed by atoms with Crippen molar-refractivity contribution in [3.63, 3.8) is 0 Å². The first-order valence-corrected chi connectivity index (χ1v) is 8.77. The molecule has 132 valence electrons. The Balaban J connectivity index is 1.51. The zero-order valence-corrected chi connectivity index (χ0v) is 14.3. The van der Waals surface area contributed by atoms with Crippen molar-refractivity contribution in [2.24, 2.45) is 0 Å². The smallest absolute Gasteiger partial charge is 0.339 e. The zero-order valence-electron chi connectivity index (χ0n) is 14.3. The fourth-order valence-corrected chi connectivity index (χ4v) is 3.38. The average Bonchev–Trinajstić information content (AvgIpc) is 2.67. The van der Waals surface area contributed by atoms with E-state index in [4.69, 9.17) is 9.15 Å². The molecule has 0 bridgehead atoms. The highest BCUT2D eigenvalue weighted by atomic mass is 16.5. The quantitative estimate of drug-likeness (QED) is 0.730. The molecule has 0 aliphatic heterocycles. The molecule has 1 aliphatic carbocycles. The second-order valence-electron chi connectivity index (χ2n) is 6.41. The molecular weight excluding hydrogens is 330 g/mol. The van der Waals surface area contributed by atoms with Crippen LogP contribution in [0.4, 0.5) is 5.69 Å². The van der Waals surface area contributed by atoms with Gasteiger partial charge in [0.05, 0.1) is 0 Å². The van der Waals surface area contributed by atoms with Crippen molar-refractivity contribution in [3.05, 3.63) is 70.1 Å². The van der Waals surface area contributed by atoms with Crippen LogP contribution >= 0.6 is 0 Å². The van der Waals surface area contributed by atoms with Crippen LogP contribution in [-0.2, 0) is 17.6 Å². The monoisotopic (exact) mass is 349 g/mol. The number of anilines is 1. The van der Waals surface area contributed by atoms with Gasteiger partial charge in [-0.3, -0.25) is 4.79 Å². The van der Waals surface area contributed by atoms with E-state index in [9.17, 15) is 9.59 Å². The SMILES string of the molecule is O=C(COc1ccc2c3c(c(=O)oc2c1)CCCC3)Nc1ccccc1. The molecule has 0 atom stereocenters. The standard InChI is InChI=1S/C21H19NO4/c23-20(22-14-6-2-1-3-7-14)13-25-15-10-11-17-16-8-4-5-9-18(16)21(24)26-19(17)12-15/h1-3,6-7,10-12H,4-5,8-9,13H2,(H,22,23). The Labute approximate surface area is 150 Å². The topological polar surface area (TPSA) is 68.5 Å². The van der Waals surface area contributed by atoms with E-state index >= 15 is 0 Å². The number of carbonyl (C=O) groups is 1. The minimum absolute atomic E-state index is 0.116. The summed E-state index contributed by atoms with van der Waals surface area (Å²) in [6.07, 6.45) is 3.80. The molecule has 1 heterocycles. The summed E-state index contributed by atoms with van der Waals surface area (Å²) >= 11 is 0. The number of para-hydroxylation sites is 1. The summed E-state index contributed by atoms with van der Waals surface area (Å²) in [5.41, 5.74) is 2.87. The molecule has 2 aromatic carbocycles. The third kappa shape index (κ3) is 3.33. The van der Waals surface area contributed by atoms with Gasteiger partial charge in [-0.05, 0) is 55.5 Å². The first-order chi connectivity index (χ1) is 12.7. The first-order valence-electron chi connectivity index (χ1n) is 8.77. The van der Waals surface area contributed by atoms with Gasteiger partial charge in [0.1, 0.15) is 11.3 Å². The van der Waals surface area contributed by atoms with Crippen LogP contribution in [0.5, 0.6) is 5.75 Å². The van der Waals surface area contributed by atoms with Crippen molar-refractivity contribution in [3.8, 4) is 5.75 Å². The number of aryl methyl sites for hydroxylation is 1. The van der Waals surface area contributed by atoms with E-state index in [2.05, 4.69) is 5.32 Å². The summed E-state index contributed by atoms with van der Waals surface area (Å²) in [5.74, 6) is 0.253. The highest BCUT2D eigenvalue weighted by molar-refractivity contribution is 5.92. The Morgan fingerprint density at radius 1 is 1.04 bits per heavy atom. The Morgan fingerprint density at radius 3 is 2.62 bits per heavy atom. The predicted molar refractivity (Wildman–Crippen MR) is 99.7 cm³/mol. The fraction of sp³-hybridized carbons (Fsp3) is 0.238. The number of benzene rings is 2. The largest absolute Gasteiger partial charge is 0.484 e. The second-order valence-corrected chi connectivity index (χ2v) is 6.41. The van der Waals surface area contributed by atoms with E-state index in [1.807, 2.05) is 42.5 Å². The van der Waals surface area contributed by atoms with Crippen LogP contribution in [-0.4, -0.2) is 12.5 Å². The van der Waals surface area contributed by atoms with Crippen molar-refractivity contribution in [1.82, 2.24) is 0 Å². The number of carbonyl (C=O) groups excluding carboxylic acids is 1. The van der Waals surface area contributed by atoms with Gasteiger partial charge in [0.2, 0.25) is 0 Å². The Hall–Kier alpha value is -3.08.